The molecule has 0 aliphatic rings. The largest absolute Gasteiger partial charge is 0.456 e. The Morgan fingerprint density at radius 1 is 0.500 bits per heavy atom. The first-order valence-corrected chi connectivity index (χ1v) is 13.4. The molecular formula is C36H25ClO. The monoisotopic (exact) mass is 508 g/mol. The van der Waals surface area contributed by atoms with Gasteiger partial charge in [0.2, 0.25) is 0 Å². The van der Waals surface area contributed by atoms with Crippen molar-refractivity contribution in [2.75, 3.05) is 0 Å². The summed E-state index contributed by atoms with van der Waals surface area (Å²) in [5.41, 5.74) is 10.3. The zero-order valence-corrected chi connectivity index (χ0v) is 21.8. The van der Waals surface area contributed by atoms with Gasteiger partial charge in [-0.3, -0.25) is 0 Å². The Morgan fingerprint density at radius 2 is 1.08 bits per heavy atom. The van der Waals surface area contributed by atoms with Gasteiger partial charge in [0.05, 0.1) is 0 Å². The lowest BCUT2D eigenvalue weighted by Crippen LogP contribution is -1.85. The van der Waals surface area contributed by atoms with E-state index in [-0.39, 0.29) is 0 Å². The molecule has 0 unspecified atom stereocenters. The summed E-state index contributed by atoms with van der Waals surface area (Å²) in [5, 5.41) is 5.55. The van der Waals surface area contributed by atoms with Gasteiger partial charge in [-0.15, -0.1) is 0 Å². The van der Waals surface area contributed by atoms with Gasteiger partial charge < -0.3 is 4.42 Å². The molecule has 0 aliphatic heterocycles. The summed E-state index contributed by atoms with van der Waals surface area (Å²) >= 11 is 6.38. The molecule has 7 aromatic rings. The van der Waals surface area contributed by atoms with Gasteiger partial charge in [-0.05, 0) is 98.6 Å². The average molecular weight is 509 g/mol. The Labute approximate surface area is 226 Å². The van der Waals surface area contributed by atoms with Crippen LogP contribution in [0, 0.1) is 0 Å². The number of para-hydroxylation sites is 1. The van der Waals surface area contributed by atoms with Crippen LogP contribution < -0.4 is 0 Å². The molecular weight excluding hydrogens is 484 g/mol. The van der Waals surface area contributed by atoms with E-state index in [4.69, 9.17) is 16.0 Å². The molecule has 0 amide bonds. The first-order valence-electron chi connectivity index (χ1n) is 13.0. The van der Waals surface area contributed by atoms with E-state index < -0.39 is 0 Å². The molecule has 2 heteroatoms. The second-order valence-electron chi connectivity index (χ2n) is 9.86. The highest BCUT2D eigenvalue weighted by molar-refractivity contribution is 6.31. The molecule has 0 atom stereocenters. The summed E-state index contributed by atoms with van der Waals surface area (Å²) in [6, 6.07) is 43.1. The first-order chi connectivity index (χ1) is 18.6. The highest BCUT2D eigenvalue weighted by Gasteiger charge is 2.09. The molecule has 1 aromatic heterocycles. The third-order valence-electron chi connectivity index (χ3n) is 7.47. The van der Waals surface area contributed by atoms with Crippen molar-refractivity contribution in [2.24, 2.45) is 0 Å². The van der Waals surface area contributed by atoms with Crippen LogP contribution >= 0.6 is 11.6 Å². The van der Waals surface area contributed by atoms with E-state index in [0.717, 1.165) is 38.9 Å². The lowest BCUT2D eigenvalue weighted by Gasteiger charge is -2.09. The van der Waals surface area contributed by atoms with Gasteiger partial charge in [-0.1, -0.05) is 97.4 Å². The molecule has 0 N–H and O–H groups in total. The fraction of sp³-hybridized carbons (Fsp3) is 0.0556. The molecule has 1 nitrogen and oxygen atoms in total. The maximum Gasteiger partial charge on any atom is 0.135 e. The summed E-state index contributed by atoms with van der Waals surface area (Å²) in [6.07, 6.45) is 0.970. The third-order valence-corrected chi connectivity index (χ3v) is 7.69. The fourth-order valence-electron chi connectivity index (χ4n) is 5.39. The summed E-state index contributed by atoms with van der Waals surface area (Å²) < 4.78 is 6.00. The van der Waals surface area contributed by atoms with Crippen molar-refractivity contribution in [1.82, 2.24) is 0 Å². The van der Waals surface area contributed by atoms with Crippen LogP contribution in [0.2, 0.25) is 5.02 Å². The minimum absolute atomic E-state index is 0.788. The van der Waals surface area contributed by atoms with Crippen molar-refractivity contribution in [1.29, 1.82) is 0 Å². The van der Waals surface area contributed by atoms with Gasteiger partial charge in [0, 0.05) is 15.8 Å². The number of hydrogen-bond donors (Lipinski definition) is 0. The zero-order valence-electron chi connectivity index (χ0n) is 21.0. The van der Waals surface area contributed by atoms with Crippen LogP contribution in [0.3, 0.4) is 0 Å². The molecule has 7 rings (SSSR count). The summed E-state index contributed by atoms with van der Waals surface area (Å²) in [6.45, 7) is 2.16. The molecule has 0 fully saturated rings. The molecule has 1 heterocycles. The lowest BCUT2D eigenvalue weighted by atomic mass is 9.95. The third kappa shape index (κ3) is 4.06. The number of benzene rings is 6. The van der Waals surface area contributed by atoms with Gasteiger partial charge in [0.15, 0.2) is 0 Å². The Bertz CT molecular complexity index is 1960. The second-order valence-corrected chi connectivity index (χ2v) is 10.3. The fourth-order valence-corrected chi connectivity index (χ4v) is 5.64. The average Bonchev–Trinajstić information content (AvgIpc) is 3.34. The van der Waals surface area contributed by atoms with Crippen molar-refractivity contribution in [3.05, 3.63) is 132 Å². The zero-order chi connectivity index (χ0) is 25.6. The maximum atomic E-state index is 6.38. The normalized spacial score (nSPS) is 11.5. The quantitative estimate of drug-likeness (QED) is 0.230. The van der Waals surface area contributed by atoms with Crippen LogP contribution in [-0.2, 0) is 6.42 Å². The minimum Gasteiger partial charge on any atom is -0.456 e. The van der Waals surface area contributed by atoms with E-state index in [1.54, 1.807) is 0 Å². The minimum atomic E-state index is 0.788. The summed E-state index contributed by atoms with van der Waals surface area (Å²) in [4.78, 5) is 0. The Hall–Kier alpha value is -4.33. The Kier molecular flexibility index (Phi) is 5.53. The van der Waals surface area contributed by atoms with Crippen molar-refractivity contribution in [3.63, 3.8) is 0 Å². The van der Waals surface area contributed by atoms with Gasteiger partial charge in [0.1, 0.15) is 11.2 Å². The van der Waals surface area contributed by atoms with Crippen LogP contribution in [0.1, 0.15) is 12.5 Å². The van der Waals surface area contributed by atoms with Crippen LogP contribution in [0.4, 0.5) is 0 Å². The van der Waals surface area contributed by atoms with Gasteiger partial charge in [-0.25, -0.2) is 0 Å². The van der Waals surface area contributed by atoms with Crippen LogP contribution in [-0.4, -0.2) is 0 Å². The molecule has 0 saturated carbocycles. The highest BCUT2D eigenvalue weighted by Crippen LogP contribution is 2.34. The Morgan fingerprint density at radius 3 is 1.79 bits per heavy atom. The number of halogens is 1. The number of fused-ring (bicyclic) bond motifs is 4. The maximum absolute atomic E-state index is 6.38. The first kappa shape index (κ1) is 22.8. The number of furan rings is 1. The van der Waals surface area contributed by atoms with Crippen molar-refractivity contribution < 1.29 is 4.42 Å². The predicted octanol–water partition coefficient (Wildman–Crippen LogP) is 11.0. The molecule has 0 aliphatic carbocycles. The van der Waals surface area contributed by atoms with Crippen molar-refractivity contribution >= 4 is 44.3 Å². The standard InChI is InChI=1S/C36H25ClO/c1-2-23-17-31(21-32(37)18-23)29-14-13-27-19-26(11-12-28(27)20-29)24-7-9-25(10-8-24)30-15-16-36-34(22-30)33-5-3-4-6-35(33)38-36/h3-22H,2H2,1H3. The topological polar surface area (TPSA) is 13.1 Å². The Balaban J connectivity index is 1.20. The summed E-state index contributed by atoms with van der Waals surface area (Å²) in [5.74, 6) is 0. The van der Waals surface area contributed by atoms with E-state index in [9.17, 15) is 0 Å². The smallest absolute Gasteiger partial charge is 0.135 e. The van der Waals surface area contributed by atoms with Gasteiger partial charge >= 0.3 is 0 Å². The van der Waals surface area contributed by atoms with E-state index in [1.165, 1.54) is 44.2 Å². The summed E-state index contributed by atoms with van der Waals surface area (Å²) in [7, 11) is 0. The number of hydrogen-bond acceptors (Lipinski definition) is 1. The van der Waals surface area contributed by atoms with E-state index >= 15 is 0 Å². The molecule has 0 radical (unpaired) electrons. The highest BCUT2D eigenvalue weighted by atomic mass is 35.5. The molecule has 0 saturated heterocycles. The van der Waals surface area contributed by atoms with Crippen molar-refractivity contribution in [3.8, 4) is 33.4 Å². The predicted molar refractivity (Wildman–Crippen MR) is 162 cm³/mol. The van der Waals surface area contributed by atoms with Crippen molar-refractivity contribution in [2.45, 2.75) is 13.3 Å². The second kappa shape index (κ2) is 9.20. The van der Waals surface area contributed by atoms with Gasteiger partial charge in [-0.2, -0.15) is 0 Å². The molecule has 38 heavy (non-hydrogen) atoms. The lowest BCUT2D eigenvalue weighted by molar-refractivity contribution is 0.669. The molecule has 6 aromatic carbocycles. The van der Waals surface area contributed by atoms with Crippen LogP contribution in [0.15, 0.2) is 126 Å². The van der Waals surface area contributed by atoms with E-state index in [2.05, 4.69) is 104 Å². The van der Waals surface area contributed by atoms with Gasteiger partial charge in [0.25, 0.3) is 0 Å². The number of aryl methyl sites for hydroxylation is 1. The van der Waals surface area contributed by atoms with E-state index in [1.807, 2.05) is 24.3 Å². The van der Waals surface area contributed by atoms with E-state index in [0.29, 0.717) is 0 Å². The van der Waals surface area contributed by atoms with Crippen LogP contribution in [0.5, 0.6) is 0 Å². The number of rotatable bonds is 4. The SMILES string of the molecule is CCc1cc(Cl)cc(-c2ccc3cc(-c4ccc(-c5ccc6oc7ccccc7c6c5)cc4)ccc3c2)c1. The molecule has 0 bridgehead atoms. The van der Waals surface area contributed by atoms with Crippen LogP contribution in [0.25, 0.3) is 66.1 Å². The molecule has 182 valence electrons. The molecule has 0 spiro atoms.